The summed E-state index contributed by atoms with van der Waals surface area (Å²) in [6.45, 7) is 4.49. The van der Waals surface area contributed by atoms with Crippen molar-refractivity contribution in [1.82, 2.24) is 10.4 Å². The van der Waals surface area contributed by atoms with Gasteiger partial charge in [0.1, 0.15) is 0 Å². The second-order valence-corrected chi connectivity index (χ2v) is 5.69. The molecule has 0 saturated carbocycles. The van der Waals surface area contributed by atoms with E-state index in [9.17, 15) is 0 Å². The molecule has 4 heteroatoms. The second kappa shape index (κ2) is 8.62. The molecule has 0 amide bonds. The highest BCUT2D eigenvalue weighted by atomic mass is 79.9. The van der Waals surface area contributed by atoms with Crippen LogP contribution in [0, 0.1) is 5.92 Å². The normalized spacial score (nSPS) is 14.4. The van der Waals surface area contributed by atoms with Crippen LogP contribution in [0.1, 0.15) is 57.7 Å². The van der Waals surface area contributed by atoms with Crippen molar-refractivity contribution in [3.05, 3.63) is 28.5 Å². The largest absolute Gasteiger partial charge is 0.271 e. The van der Waals surface area contributed by atoms with Crippen molar-refractivity contribution < 1.29 is 0 Å². The zero-order chi connectivity index (χ0) is 13.4. The minimum Gasteiger partial charge on any atom is -0.271 e. The van der Waals surface area contributed by atoms with E-state index in [1.807, 2.05) is 18.3 Å². The summed E-state index contributed by atoms with van der Waals surface area (Å²) in [5, 5.41) is 0. The number of nitrogens with zero attached hydrogens (tertiary/aromatic N) is 1. The third-order valence-corrected chi connectivity index (χ3v) is 3.89. The molecular weight excluding hydrogens is 290 g/mol. The van der Waals surface area contributed by atoms with E-state index in [1.54, 1.807) is 0 Å². The Kier molecular flexibility index (Phi) is 7.47. The quantitative estimate of drug-likeness (QED) is 0.564. The summed E-state index contributed by atoms with van der Waals surface area (Å²) >= 11 is 3.40. The number of nitrogens with one attached hydrogen (secondary N) is 1. The Hall–Kier alpha value is -0.450. The van der Waals surface area contributed by atoms with Crippen molar-refractivity contribution in [1.29, 1.82) is 0 Å². The first-order valence-electron chi connectivity index (χ1n) is 6.78. The van der Waals surface area contributed by atoms with Gasteiger partial charge >= 0.3 is 0 Å². The van der Waals surface area contributed by atoms with Gasteiger partial charge in [-0.1, -0.05) is 39.5 Å². The fraction of sp³-hybridized carbons (Fsp3) is 0.643. The Morgan fingerprint density at radius 3 is 2.67 bits per heavy atom. The lowest BCUT2D eigenvalue weighted by molar-refractivity contribution is 0.352. The molecule has 0 aliphatic heterocycles. The highest BCUT2D eigenvalue weighted by molar-refractivity contribution is 9.10. The van der Waals surface area contributed by atoms with Gasteiger partial charge in [0.05, 0.1) is 11.7 Å². The number of hydrogen-bond acceptors (Lipinski definition) is 3. The van der Waals surface area contributed by atoms with Gasteiger partial charge in [-0.2, -0.15) is 0 Å². The zero-order valence-electron chi connectivity index (χ0n) is 11.3. The van der Waals surface area contributed by atoms with E-state index in [0.717, 1.165) is 22.5 Å². The molecule has 1 heterocycles. The van der Waals surface area contributed by atoms with Gasteiger partial charge < -0.3 is 0 Å². The maximum absolute atomic E-state index is 5.67. The fourth-order valence-electron chi connectivity index (χ4n) is 2.18. The zero-order valence-corrected chi connectivity index (χ0v) is 12.9. The number of unbranched alkanes of at least 4 members (excludes halogenated alkanes) is 1. The molecule has 0 aliphatic rings. The lowest BCUT2D eigenvalue weighted by Gasteiger charge is -2.21. The average molecular weight is 314 g/mol. The minimum absolute atomic E-state index is 0.153. The average Bonchev–Trinajstić information content (AvgIpc) is 2.40. The molecule has 0 radical (unpaired) electrons. The van der Waals surface area contributed by atoms with E-state index in [2.05, 4.69) is 40.2 Å². The van der Waals surface area contributed by atoms with Gasteiger partial charge in [-0.3, -0.25) is 16.3 Å². The summed E-state index contributed by atoms with van der Waals surface area (Å²) in [6.07, 6.45) is 7.92. The first-order chi connectivity index (χ1) is 8.71. The van der Waals surface area contributed by atoms with Crippen LogP contribution in [0.4, 0.5) is 0 Å². The van der Waals surface area contributed by atoms with Gasteiger partial charge in [-0.15, -0.1) is 0 Å². The maximum Gasteiger partial charge on any atom is 0.0634 e. The molecule has 0 aromatic carbocycles. The third-order valence-electron chi connectivity index (χ3n) is 3.42. The number of rotatable bonds is 8. The van der Waals surface area contributed by atoms with Crippen LogP contribution >= 0.6 is 15.9 Å². The van der Waals surface area contributed by atoms with Crippen molar-refractivity contribution in [2.45, 2.75) is 52.0 Å². The Labute approximate surface area is 119 Å². The van der Waals surface area contributed by atoms with E-state index < -0.39 is 0 Å². The summed E-state index contributed by atoms with van der Waals surface area (Å²) in [7, 11) is 0. The summed E-state index contributed by atoms with van der Waals surface area (Å²) in [4.78, 5) is 4.43. The maximum atomic E-state index is 5.67. The van der Waals surface area contributed by atoms with Crippen LogP contribution in [0.3, 0.4) is 0 Å². The van der Waals surface area contributed by atoms with E-state index in [1.165, 1.54) is 25.7 Å². The standard InChI is InChI=1S/C14H24BrN3/c1-3-5-6-11(4-2)9-14(18-16)13-8-7-12(15)10-17-13/h7-8,10-11,14,18H,3-6,9,16H2,1-2H3. The van der Waals surface area contributed by atoms with Crippen LogP contribution in [0.5, 0.6) is 0 Å². The molecule has 2 atom stereocenters. The van der Waals surface area contributed by atoms with Crippen molar-refractivity contribution in [3.8, 4) is 0 Å². The Balaban J connectivity index is 2.62. The van der Waals surface area contributed by atoms with Gasteiger partial charge in [-0.25, -0.2) is 0 Å². The topological polar surface area (TPSA) is 50.9 Å². The first-order valence-corrected chi connectivity index (χ1v) is 7.58. The lowest BCUT2D eigenvalue weighted by atomic mass is 9.91. The van der Waals surface area contributed by atoms with Crippen LogP contribution in [0.25, 0.3) is 0 Å². The van der Waals surface area contributed by atoms with Crippen LogP contribution in [-0.4, -0.2) is 4.98 Å². The molecule has 0 spiro atoms. The Bertz CT molecular complexity index is 326. The van der Waals surface area contributed by atoms with Gasteiger partial charge in [0.15, 0.2) is 0 Å². The monoisotopic (exact) mass is 313 g/mol. The van der Waals surface area contributed by atoms with Crippen LogP contribution in [-0.2, 0) is 0 Å². The molecule has 3 N–H and O–H groups in total. The molecule has 0 aliphatic carbocycles. The summed E-state index contributed by atoms with van der Waals surface area (Å²) in [5.74, 6) is 6.39. The molecule has 18 heavy (non-hydrogen) atoms. The van der Waals surface area contributed by atoms with Crippen LogP contribution in [0.2, 0.25) is 0 Å². The van der Waals surface area contributed by atoms with Crippen molar-refractivity contribution in [2.75, 3.05) is 0 Å². The summed E-state index contributed by atoms with van der Waals surface area (Å²) in [5.41, 5.74) is 3.92. The first kappa shape index (κ1) is 15.6. The summed E-state index contributed by atoms with van der Waals surface area (Å²) < 4.78 is 1.00. The lowest BCUT2D eigenvalue weighted by Crippen LogP contribution is -2.30. The number of aromatic nitrogens is 1. The predicted octanol–water partition coefficient (Wildman–Crippen LogP) is 3.96. The minimum atomic E-state index is 0.153. The Morgan fingerprint density at radius 2 is 2.17 bits per heavy atom. The van der Waals surface area contributed by atoms with E-state index in [0.29, 0.717) is 0 Å². The molecule has 3 nitrogen and oxygen atoms in total. The number of halogens is 1. The van der Waals surface area contributed by atoms with Gasteiger partial charge in [0.25, 0.3) is 0 Å². The number of nitrogens with two attached hydrogens (primary N) is 1. The highest BCUT2D eigenvalue weighted by Crippen LogP contribution is 2.25. The van der Waals surface area contributed by atoms with Crippen LogP contribution in [0.15, 0.2) is 22.8 Å². The van der Waals surface area contributed by atoms with E-state index in [4.69, 9.17) is 5.84 Å². The number of pyridine rings is 1. The van der Waals surface area contributed by atoms with E-state index >= 15 is 0 Å². The smallest absolute Gasteiger partial charge is 0.0634 e. The molecule has 0 saturated heterocycles. The second-order valence-electron chi connectivity index (χ2n) is 4.77. The SMILES string of the molecule is CCCCC(CC)CC(NN)c1ccc(Br)cn1. The van der Waals surface area contributed by atoms with Gasteiger partial charge in [0.2, 0.25) is 0 Å². The van der Waals surface area contributed by atoms with Crippen molar-refractivity contribution in [2.24, 2.45) is 11.8 Å². The molecule has 1 aromatic rings. The highest BCUT2D eigenvalue weighted by Gasteiger charge is 2.16. The van der Waals surface area contributed by atoms with E-state index in [-0.39, 0.29) is 6.04 Å². The van der Waals surface area contributed by atoms with Crippen molar-refractivity contribution >= 4 is 15.9 Å². The molecule has 0 fully saturated rings. The van der Waals surface area contributed by atoms with Gasteiger partial charge in [-0.05, 0) is 40.4 Å². The summed E-state index contributed by atoms with van der Waals surface area (Å²) in [6, 6.07) is 4.20. The number of hydrazine groups is 1. The fourth-order valence-corrected chi connectivity index (χ4v) is 2.42. The predicted molar refractivity (Wildman–Crippen MR) is 79.9 cm³/mol. The van der Waals surface area contributed by atoms with Crippen molar-refractivity contribution in [3.63, 3.8) is 0 Å². The number of hydrogen-bond donors (Lipinski definition) is 2. The molecular formula is C14H24BrN3. The molecule has 1 rings (SSSR count). The Morgan fingerprint density at radius 1 is 1.39 bits per heavy atom. The molecule has 102 valence electrons. The molecule has 1 aromatic heterocycles. The molecule has 2 unspecified atom stereocenters. The molecule has 0 bridgehead atoms. The van der Waals surface area contributed by atoms with Gasteiger partial charge in [0, 0.05) is 10.7 Å². The third kappa shape index (κ3) is 5.04. The van der Waals surface area contributed by atoms with Crippen LogP contribution < -0.4 is 11.3 Å².